The molecule has 19 heavy (non-hydrogen) atoms. The molecule has 0 unspecified atom stereocenters. The summed E-state index contributed by atoms with van der Waals surface area (Å²) in [6, 6.07) is 0. The Labute approximate surface area is 114 Å². The van der Waals surface area contributed by atoms with Crippen molar-refractivity contribution >= 4 is 5.91 Å². The van der Waals surface area contributed by atoms with Gasteiger partial charge in [-0.2, -0.15) is 4.98 Å². The van der Waals surface area contributed by atoms with Gasteiger partial charge in [0.2, 0.25) is 11.8 Å². The molecule has 0 saturated carbocycles. The Kier molecular flexibility index (Phi) is 5.95. The normalized spacial score (nSPS) is 11.6. The summed E-state index contributed by atoms with van der Waals surface area (Å²) in [5, 5.41) is 6.55. The zero-order chi connectivity index (χ0) is 14.3. The minimum atomic E-state index is 0.0568. The third-order valence-electron chi connectivity index (χ3n) is 3.08. The molecule has 108 valence electrons. The van der Waals surface area contributed by atoms with Crippen LogP contribution in [0.5, 0.6) is 0 Å². The first-order valence-corrected chi connectivity index (χ1v) is 6.69. The number of aromatic nitrogens is 2. The third-order valence-corrected chi connectivity index (χ3v) is 3.08. The van der Waals surface area contributed by atoms with E-state index in [1.54, 1.807) is 6.92 Å². The zero-order valence-electron chi connectivity index (χ0n) is 12.0. The number of amides is 1. The summed E-state index contributed by atoms with van der Waals surface area (Å²) in [4.78, 5) is 15.8. The monoisotopic (exact) mass is 268 g/mol. The van der Waals surface area contributed by atoms with Gasteiger partial charge in [-0.3, -0.25) is 4.79 Å². The second kappa shape index (κ2) is 7.23. The van der Waals surface area contributed by atoms with Crippen molar-refractivity contribution in [3.05, 3.63) is 11.7 Å². The number of nitrogens with zero attached hydrogens (tertiary/aromatic N) is 2. The largest absolute Gasteiger partial charge is 0.356 e. The van der Waals surface area contributed by atoms with E-state index in [1.165, 1.54) is 0 Å². The highest BCUT2D eigenvalue weighted by Gasteiger charge is 2.18. The van der Waals surface area contributed by atoms with Crippen LogP contribution < -0.4 is 11.1 Å². The number of hydrogen-bond acceptors (Lipinski definition) is 5. The minimum absolute atomic E-state index is 0.0568. The van der Waals surface area contributed by atoms with E-state index in [0.717, 1.165) is 12.8 Å². The van der Waals surface area contributed by atoms with Crippen molar-refractivity contribution in [1.82, 2.24) is 15.5 Å². The van der Waals surface area contributed by atoms with Crippen LogP contribution in [0.3, 0.4) is 0 Å². The van der Waals surface area contributed by atoms with Crippen molar-refractivity contribution in [3.8, 4) is 0 Å². The van der Waals surface area contributed by atoms with E-state index in [2.05, 4.69) is 29.3 Å². The second-order valence-electron chi connectivity index (χ2n) is 5.54. The van der Waals surface area contributed by atoms with Crippen LogP contribution in [0.25, 0.3) is 0 Å². The number of carbonyl (C=O) groups excluding carboxylic acids is 1. The van der Waals surface area contributed by atoms with Gasteiger partial charge in [-0.05, 0) is 31.7 Å². The molecule has 0 saturated heterocycles. The van der Waals surface area contributed by atoms with Crippen molar-refractivity contribution in [2.75, 3.05) is 13.1 Å². The lowest BCUT2D eigenvalue weighted by molar-refractivity contribution is -0.121. The molecule has 1 aromatic heterocycles. The molecule has 6 heteroatoms. The maximum atomic E-state index is 11.7. The number of rotatable bonds is 8. The number of aryl methyl sites for hydroxylation is 1. The lowest BCUT2D eigenvalue weighted by atomic mass is 9.84. The molecule has 1 rings (SSSR count). The van der Waals surface area contributed by atoms with Gasteiger partial charge in [-0.25, -0.2) is 0 Å². The topological polar surface area (TPSA) is 94.0 Å². The van der Waals surface area contributed by atoms with Gasteiger partial charge in [0.25, 0.3) is 0 Å². The van der Waals surface area contributed by atoms with E-state index in [1.807, 2.05) is 0 Å². The highest BCUT2D eigenvalue weighted by Crippen LogP contribution is 2.25. The number of carbonyl (C=O) groups is 1. The maximum Gasteiger partial charge on any atom is 0.228 e. The van der Waals surface area contributed by atoms with Crippen LogP contribution in [0.1, 0.15) is 44.8 Å². The van der Waals surface area contributed by atoms with Gasteiger partial charge < -0.3 is 15.6 Å². The quantitative estimate of drug-likeness (QED) is 0.738. The van der Waals surface area contributed by atoms with Gasteiger partial charge in [0.05, 0.1) is 0 Å². The number of nitrogens with two attached hydrogens (primary N) is 1. The molecule has 1 amide bonds. The lowest BCUT2D eigenvalue weighted by Gasteiger charge is -2.23. The lowest BCUT2D eigenvalue weighted by Crippen LogP contribution is -2.27. The van der Waals surface area contributed by atoms with Crippen molar-refractivity contribution < 1.29 is 9.32 Å². The molecule has 0 aliphatic carbocycles. The fourth-order valence-electron chi connectivity index (χ4n) is 1.81. The van der Waals surface area contributed by atoms with Crippen molar-refractivity contribution in [1.29, 1.82) is 0 Å². The van der Waals surface area contributed by atoms with E-state index in [4.69, 9.17) is 10.3 Å². The SMILES string of the molecule is Cc1noc(CCNC(=O)CCC(C)(C)CCN)n1. The highest BCUT2D eigenvalue weighted by molar-refractivity contribution is 5.75. The van der Waals surface area contributed by atoms with Crippen LogP contribution >= 0.6 is 0 Å². The summed E-state index contributed by atoms with van der Waals surface area (Å²) in [5.74, 6) is 1.23. The molecule has 0 spiro atoms. The van der Waals surface area contributed by atoms with Gasteiger partial charge in [0, 0.05) is 19.4 Å². The molecule has 0 aromatic carbocycles. The van der Waals surface area contributed by atoms with Crippen LogP contribution in [-0.2, 0) is 11.2 Å². The van der Waals surface area contributed by atoms with Crippen molar-refractivity contribution in [3.63, 3.8) is 0 Å². The smallest absolute Gasteiger partial charge is 0.228 e. The first-order valence-electron chi connectivity index (χ1n) is 6.69. The number of nitrogens with one attached hydrogen (secondary N) is 1. The summed E-state index contributed by atoms with van der Waals surface area (Å²) >= 11 is 0. The van der Waals surface area contributed by atoms with Gasteiger partial charge in [0.1, 0.15) is 0 Å². The third kappa shape index (κ3) is 6.33. The second-order valence-corrected chi connectivity index (χ2v) is 5.54. The Hall–Kier alpha value is -1.43. The molecule has 0 aliphatic rings. The summed E-state index contributed by atoms with van der Waals surface area (Å²) in [6.07, 6.45) is 2.87. The van der Waals surface area contributed by atoms with E-state index >= 15 is 0 Å². The van der Waals surface area contributed by atoms with Gasteiger partial charge in [-0.15, -0.1) is 0 Å². The van der Waals surface area contributed by atoms with E-state index in [9.17, 15) is 4.79 Å². The Morgan fingerprint density at radius 2 is 2.16 bits per heavy atom. The predicted octanol–water partition coefficient (Wildman–Crippen LogP) is 1.19. The molecule has 0 aliphatic heterocycles. The predicted molar refractivity (Wildman–Crippen MR) is 72.4 cm³/mol. The Morgan fingerprint density at radius 1 is 1.42 bits per heavy atom. The maximum absolute atomic E-state index is 11.7. The molecular formula is C13H24N4O2. The van der Waals surface area contributed by atoms with Crippen LogP contribution in [0.2, 0.25) is 0 Å². The first kappa shape index (κ1) is 15.6. The Morgan fingerprint density at radius 3 is 2.74 bits per heavy atom. The number of hydrogen-bond donors (Lipinski definition) is 2. The zero-order valence-corrected chi connectivity index (χ0v) is 12.0. The van der Waals surface area contributed by atoms with Crippen LogP contribution in [-0.4, -0.2) is 29.1 Å². The summed E-state index contributed by atoms with van der Waals surface area (Å²) in [5.41, 5.74) is 5.66. The standard InChI is InChI=1S/C13H24N4O2/c1-10-16-12(19-17-10)5-9-15-11(18)4-6-13(2,3)7-8-14/h4-9,14H2,1-3H3,(H,15,18). The van der Waals surface area contributed by atoms with E-state index in [0.29, 0.717) is 37.6 Å². The summed E-state index contributed by atoms with van der Waals surface area (Å²) in [6.45, 7) is 7.22. The highest BCUT2D eigenvalue weighted by atomic mass is 16.5. The molecular weight excluding hydrogens is 244 g/mol. The van der Waals surface area contributed by atoms with Gasteiger partial charge in [-0.1, -0.05) is 19.0 Å². The Bertz CT molecular complexity index is 401. The molecule has 1 heterocycles. The first-order chi connectivity index (χ1) is 8.93. The van der Waals surface area contributed by atoms with Crippen LogP contribution in [0, 0.1) is 12.3 Å². The molecule has 0 atom stereocenters. The van der Waals surface area contributed by atoms with Gasteiger partial charge in [0.15, 0.2) is 5.82 Å². The van der Waals surface area contributed by atoms with E-state index < -0.39 is 0 Å². The average Bonchev–Trinajstić information content (AvgIpc) is 2.73. The fraction of sp³-hybridized carbons (Fsp3) is 0.769. The molecule has 0 radical (unpaired) electrons. The fourth-order valence-corrected chi connectivity index (χ4v) is 1.81. The summed E-state index contributed by atoms with van der Waals surface area (Å²) < 4.78 is 4.97. The van der Waals surface area contributed by atoms with Crippen molar-refractivity contribution in [2.24, 2.45) is 11.1 Å². The van der Waals surface area contributed by atoms with Gasteiger partial charge >= 0.3 is 0 Å². The van der Waals surface area contributed by atoms with E-state index in [-0.39, 0.29) is 11.3 Å². The van der Waals surface area contributed by atoms with Crippen molar-refractivity contribution in [2.45, 2.75) is 46.5 Å². The molecule has 6 nitrogen and oxygen atoms in total. The Balaban J connectivity index is 2.18. The molecule has 1 aromatic rings. The summed E-state index contributed by atoms with van der Waals surface area (Å²) in [7, 11) is 0. The van der Waals surface area contributed by atoms with Crippen LogP contribution in [0.4, 0.5) is 0 Å². The average molecular weight is 268 g/mol. The molecule has 3 N–H and O–H groups in total. The molecule has 0 fully saturated rings. The van der Waals surface area contributed by atoms with Crippen LogP contribution in [0.15, 0.2) is 4.52 Å². The molecule has 0 bridgehead atoms. The minimum Gasteiger partial charge on any atom is -0.356 e.